The monoisotopic (exact) mass is 211 g/mol. The third kappa shape index (κ3) is 2.79. The number of aromatic amines is 1. The van der Waals surface area contributed by atoms with Crippen LogP contribution in [0, 0.1) is 12.8 Å². The highest BCUT2D eigenvalue weighted by atomic mass is 16.3. The standard InChI is InChI=1S/C10H17N3O2/c1-6(2)9(5-14)12-10(15)8-4-11-13-7(8)3/h4,6,9,14H,5H2,1-3H3,(H,11,13)(H,12,15). The van der Waals surface area contributed by atoms with Crippen molar-refractivity contribution < 1.29 is 9.90 Å². The lowest BCUT2D eigenvalue weighted by Crippen LogP contribution is -2.41. The van der Waals surface area contributed by atoms with Crippen molar-refractivity contribution in [3.05, 3.63) is 17.5 Å². The predicted molar refractivity (Wildman–Crippen MR) is 56.5 cm³/mol. The van der Waals surface area contributed by atoms with Crippen LogP contribution in [0.4, 0.5) is 0 Å². The van der Waals surface area contributed by atoms with Gasteiger partial charge < -0.3 is 10.4 Å². The highest BCUT2D eigenvalue weighted by molar-refractivity contribution is 5.95. The molecule has 1 aromatic heterocycles. The molecule has 5 heteroatoms. The maximum Gasteiger partial charge on any atom is 0.255 e. The largest absolute Gasteiger partial charge is 0.394 e. The molecule has 0 fully saturated rings. The summed E-state index contributed by atoms with van der Waals surface area (Å²) in [5.74, 6) is 0.000146. The van der Waals surface area contributed by atoms with Crippen LogP contribution >= 0.6 is 0 Å². The number of carbonyl (C=O) groups is 1. The Morgan fingerprint density at radius 2 is 2.33 bits per heavy atom. The molecular weight excluding hydrogens is 194 g/mol. The average molecular weight is 211 g/mol. The van der Waals surface area contributed by atoms with Crippen LogP contribution in [0.2, 0.25) is 0 Å². The van der Waals surface area contributed by atoms with Gasteiger partial charge in [0.15, 0.2) is 0 Å². The number of carbonyl (C=O) groups excluding carboxylic acids is 1. The van der Waals surface area contributed by atoms with Gasteiger partial charge in [-0.2, -0.15) is 5.10 Å². The number of aliphatic hydroxyl groups is 1. The molecule has 0 aliphatic carbocycles. The number of hydrogen-bond donors (Lipinski definition) is 3. The number of nitrogens with one attached hydrogen (secondary N) is 2. The van der Waals surface area contributed by atoms with Crippen molar-refractivity contribution in [1.29, 1.82) is 0 Å². The van der Waals surface area contributed by atoms with E-state index in [1.54, 1.807) is 6.92 Å². The summed E-state index contributed by atoms with van der Waals surface area (Å²) in [5, 5.41) is 18.3. The Labute approximate surface area is 88.9 Å². The van der Waals surface area contributed by atoms with Crippen LogP contribution in [0.15, 0.2) is 6.20 Å². The Morgan fingerprint density at radius 1 is 1.67 bits per heavy atom. The molecule has 0 saturated heterocycles. The number of H-pyrrole nitrogens is 1. The molecule has 0 aliphatic rings. The molecule has 5 nitrogen and oxygen atoms in total. The molecule has 1 aromatic rings. The summed E-state index contributed by atoms with van der Waals surface area (Å²) in [4.78, 5) is 11.7. The van der Waals surface area contributed by atoms with Crippen molar-refractivity contribution in [1.82, 2.24) is 15.5 Å². The van der Waals surface area contributed by atoms with Crippen LogP contribution in [0.3, 0.4) is 0 Å². The minimum absolute atomic E-state index is 0.0553. The van der Waals surface area contributed by atoms with E-state index in [2.05, 4.69) is 15.5 Å². The van der Waals surface area contributed by atoms with Crippen LogP contribution in [0.25, 0.3) is 0 Å². The van der Waals surface area contributed by atoms with E-state index in [1.807, 2.05) is 13.8 Å². The molecule has 1 unspecified atom stereocenters. The second-order valence-corrected chi connectivity index (χ2v) is 3.92. The van der Waals surface area contributed by atoms with Gasteiger partial charge in [0.05, 0.1) is 24.4 Å². The van der Waals surface area contributed by atoms with Gasteiger partial charge >= 0.3 is 0 Å². The van der Waals surface area contributed by atoms with E-state index in [0.29, 0.717) is 5.56 Å². The molecule has 0 spiro atoms. The van der Waals surface area contributed by atoms with Gasteiger partial charge in [0.25, 0.3) is 5.91 Å². The summed E-state index contributed by atoms with van der Waals surface area (Å²) in [6, 6.07) is -0.216. The minimum Gasteiger partial charge on any atom is -0.394 e. The van der Waals surface area contributed by atoms with Crippen molar-refractivity contribution in [2.45, 2.75) is 26.8 Å². The molecule has 0 aromatic carbocycles. The Bertz CT molecular complexity index is 333. The molecule has 1 heterocycles. The summed E-state index contributed by atoms with van der Waals surface area (Å²) >= 11 is 0. The molecule has 1 atom stereocenters. The topological polar surface area (TPSA) is 78.0 Å². The first kappa shape index (κ1) is 11.7. The second-order valence-electron chi connectivity index (χ2n) is 3.92. The maximum absolute atomic E-state index is 11.7. The van der Waals surface area contributed by atoms with Crippen molar-refractivity contribution in [3.8, 4) is 0 Å². The zero-order chi connectivity index (χ0) is 11.4. The van der Waals surface area contributed by atoms with Gasteiger partial charge in [-0.1, -0.05) is 13.8 Å². The van der Waals surface area contributed by atoms with Crippen LogP contribution < -0.4 is 5.32 Å². The van der Waals surface area contributed by atoms with Crippen molar-refractivity contribution in [3.63, 3.8) is 0 Å². The van der Waals surface area contributed by atoms with Gasteiger partial charge in [0.1, 0.15) is 0 Å². The number of aliphatic hydroxyl groups excluding tert-OH is 1. The fourth-order valence-electron chi connectivity index (χ4n) is 1.25. The predicted octanol–water partition coefficient (Wildman–Crippen LogP) is 0.465. The number of rotatable bonds is 4. The van der Waals surface area contributed by atoms with E-state index >= 15 is 0 Å². The third-order valence-corrected chi connectivity index (χ3v) is 2.39. The molecule has 0 saturated carbocycles. The minimum atomic E-state index is -0.216. The summed E-state index contributed by atoms with van der Waals surface area (Å²) in [6.45, 7) is 5.62. The highest BCUT2D eigenvalue weighted by Gasteiger charge is 2.17. The Balaban J connectivity index is 2.67. The van der Waals surface area contributed by atoms with Crippen LogP contribution in [-0.4, -0.2) is 33.9 Å². The van der Waals surface area contributed by atoms with E-state index in [0.717, 1.165) is 5.69 Å². The van der Waals surface area contributed by atoms with Crippen LogP contribution in [0.5, 0.6) is 0 Å². The van der Waals surface area contributed by atoms with Gasteiger partial charge in [0.2, 0.25) is 0 Å². The molecule has 84 valence electrons. The van der Waals surface area contributed by atoms with Gasteiger partial charge in [0, 0.05) is 5.69 Å². The molecule has 0 bridgehead atoms. The number of aromatic nitrogens is 2. The summed E-state index contributed by atoms with van der Waals surface area (Å²) in [5.41, 5.74) is 1.25. The lowest BCUT2D eigenvalue weighted by atomic mass is 10.1. The smallest absolute Gasteiger partial charge is 0.255 e. The molecule has 3 N–H and O–H groups in total. The molecule has 15 heavy (non-hydrogen) atoms. The van der Waals surface area contributed by atoms with Gasteiger partial charge in [-0.25, -0.2) is 0 Å². The van der Waals surface area contributed by atoms with Crippen LogP contribution in [0.1, 0.15) is 29.9 Å². The Hall–Kier alpha value is -1.36. The molecule has 0 aliphatic heterocycles. The number of amides is 1. The highest BCUT2D eigenvalue weighted by Crippen LogP contribution is 2.05. The summed E-state index contributed by atoms with van der Waals surface area (Å²) < 4.78 is 0. The molecule has 1 amide bonds. The fraction of sp³-hybridized carbons (Fsp3) is 0.600. The van der Waals surface area contributed by atoms with Gasteiger partial charge in [-0.3, -0.25) is 9.89 Å². The van der Waals surface area contributed by atoms with Crippen LogP contribution in [-0.2, 0) is 0 Å². The molecule has 0 radical (unpaired) electrons. The Morgan fingerprint density at radius 3 is 2.73 bits per heavy atom. The first-order valence-electron chi connectivity index (χ1n) is 4.98. The third-order valence-electron chi connectivity index (χ3n) is 2.39. The number of nitrogens with zero attached hydrogens (tertiary/aromatic N) is 1. The zero-order valence-corrected chi connectivity index (χ0v) is 9.24. The van der Waals surface area contributed by atoms with Gasteiger partial charge in [-0.05, 0) is 12.8 Å². The van der Waals surface area contributed by atoms with E-state index in [4.69, 9.17) is 5.11 Å². The molecular formula is C10H17N3O2. The fourth-order valence-corrected chi connectivity index (χ4v) is 1.25. The first-order valence-corrected chi connectivity index (χ1v) is 4.98. The normalized spacial score (nSPS) is 12.9. The van der Waals surface area contributed by atoms with Crippen molar-refractivity contribution in [2.24, 2.45) is 5.92 Å². The summed E-state index contributed by atoms with van der Waals surface area (Å²) in [6.07, 6.45) is 1.49. The quantitative estimate of drug-likeness (QED) is 0.677. The van der Waals surface area contributed by atoms with E-state index < -0.39 is 0 Å². The lowest BCUT2D eigenvalue weighted by molar-refractivity contribution is 0.0896. The Kier molecular flexibility index (Phi) is 3.85. The summed E-state index contributed by atoms with van der Waals surface area (Å²) in [7, 11) is 0. The van der Waals surface area contributed by atoms with E-state index in [9.17, 15) is 4.79 Å². The second kappa shape index (κ2) is 4.93. The van der Waals surface area contributed by atoms with E-state index in [1.165, 1.54) is 6.20 Å². The molecule has 1 rings (SSSR count). The SMILES string of the molecule is Cc1[nH]ncc1C(=O)NC(CO)C(C)C. The first-order chi connectivity index (χ1) is 7.06. The number of hydrogen-bond acceptors (Lipinski definition) is 3. The van der Waals surface area contributed by atoms with Gasteiger partial charge in [-0.15, -0.1) is 0 Å². The zero-order valence-electron chi connectivity index (χ0n) is 9.24. The maximum atomic E-state index is 11.7. The van der Waals surface area contributed by atoms with E-state index in [-0.39, 0.29) is 24.5 Å². The lowest BCUT2D eigenvalue weighted by Gasteiger charge is -2.19. The average Bonchev–Trinajstić information content (AvgIpc) is 2.60. The number of aryl methyl sites for hydroxylation is 1. The van der Waals surface area contributed by atoms with Crippen molar-refractivity contribution in [2.75, 3.05) is 6.61 Å². The van der Waals surface area contributed by atoms with Crippen molar-refractivity contribution >= 4 is 5.91 Å².